The van der Waals surface area contributed by atoms with E-state index in [1.54, 1.807) is 0 Å². The highest BCUT2D eigenvalue weighted by atomic mass is 16.5. The van der Waals surface area contributed by atoms with Crippen molar-refractivity contribution in [3.8, 4) is 5.75 Å². The molecule has 120 valence electrons. The average Bonchev–Trinajstić information content (AvgIpc) is 3.10. The molecular weight excluding hydrogens is 290 g/mol. The first-order valence-electron chi connectivity index (χ1n) is 7.93. The first-order valence-corrected chi connectivity index (χ1v) is 7.93. The number of carbonyl (C=O) groups excluding carboxylic acids is 1. The highest BCUT2D eigenvalue weighted by molar-refractivity contribution is 5.92. The van der Waals surface area contributed by atoms with Gasteiger partial charge in [-0.3, -0.25) is 4.79 Å². The maximum absolute atomic E-state index is 12.0. The number of amides is 1. The molecule has 1 aromatic carbocycles. The van der Waals surface area contributed by atoms with E-state index < -0.39 is 0 Å². The Bertz CT molecular complexity index is 667. The van der Waals surface area contributed by atoms with Gasteiger partial charge < -0.3 is 15.0 Å². The molecule has 1 aromatic heterocycles. The number of nitrogens with zero attached hydrogens (tertiary/aromatic N) is 2. The SMILES string of the molecule is Cc1nc(N2CCCC2)ccc1NC(=O)COc1ccccc1. The van der Waals surface area contributed by atoms with Gasteiger partial charge in [0.15, 0.2) is 6.61 Å². The summed E-state index contributed by atoms with van der Waals surface area (Å²) < 4.78 is 5.44. The second kappa shape index (κ2) is 7.13. The zero-order valence-corrected chi connectivity index (χ0v) is 13.3. The largest absolute Gasteiger partial charge is 0.484 e. The number of anilines is 2. The van der Waals surface area contributed by atoms with Crippen LogP contribution in [0.15, 0.2) is 42.5 Å². The first-order chi connectivity index (χ1) is 11.2. The third-order valence-corrected chi connectivity index (χ3v) is 3.89. The molecule has 0 aliphatic carbocycles. The zero-order chi connectivity index (χ0) is 16.1. The summed E-state index contributed by atoms with van der Waals surface area (Å²) in [5, 5.41) is 2.85. The minimum absolute atomic E-state index is 0.0165. The van der Waals surface area contributed by atoms with Crippen LogP contribution < -0.4 is 15.0 Å². The molecule has 1 fully saturated rings. The molecule has 0 radical (unpaired) electrons. The van der Waals surface area contributed by atoms with E-state index in [4.69, 9.17) is 4.74 Å². The molecule has 2 heterocycles. The Morgan fingerprint density at radius 1 is 1.17 bits per heavy atom. The summed E-state index contributed by atoms with van der Waals surface area (Å²) in [5.74, 6) is 1.48. The van der Waals surface area contributed by atoms with Crippen LogP contribution in [0.2, 0.25) is 0 Å². The van der Waals surface area contributed by atoms with E-state index in [9.17, 15) is 4.79 Å². The smallest absolute Gasteiger partial charge is 0.262 e. The lowest BCUT2D eigenvalue weighted by Crippen LogP contribution is -2.22. The van der Waals surface area contributed by atoms with Crippen molar-refractivity contribution in [2.24, 2.45) is 0 Å². The number of ether oxygens (including phenoxy) is 1. The Morgan fingerprint density at radius 2 is 1.91 bits per heavy atom. The van der Waals surface area contributed by atoms with Crippen LogP contribution in [0.25, 0.3) is 0 Å². The molecule has 1 N–H and O–H groups in total. The fraction of sp³-hybridized carbons (Fsp3) is 0.333. The predicted molar refractivity (Wildman–Crippen MR) is 91.0 cm³/mol. The number of aryl methyl sites for hydroxylation is 1. The van der Waals surface area contributed by atoms with Crippen LogP contribution in [0.4, 0.5) is 11.5 Å². The van der Waals surface area contributed by atoms with Gasteiger partial charge in [0.1, 0.15) is 11.6 Å². The van der Waals surface area contributed by atoms with E-state index in [0.29, 0.717) is 5.75 Å². The summed E-state index contributed by atoms with van der Waals surface area (Å²) in [4.78, 5) is 18.9. The van der Waals surface area contributed by atoms with Crippen molar-refractivity contribution >= 4 is 17.4 Å². The van der Waals surface area contributed by atoms with Crippen molar-refractivity contribution in [2.45, 2.75) is 19.8 Å². The Morgan fingerprint density at radius 3 is 2.61 bits per heavy atom. The fourth-order valence-corrected chi connectivity index (χ4v) is 2.65. The Kier molecular flexibility index (Phi) is 4.76. The van der Waals surface area contributed by atoms with E-state index in [2.05, 4.69) is 15.2 Å². The predicted octanol–water partition coefficient (Wildman–Crippen LogP) is 3.01. The van der Waals surface area contributed by atoms with Crippen LogP contribution >= 0.6 is 0 Å². The van der Waals surface area contributed by atoms with E-state index >= 15 is 0 Å². The van der Waals surface area contributed by atoms with Crippen LogP contribution in [-0.4, -0.2) is 30.6 Å². The first kappa shape index (κ1) is 15.3. The molecule has 5 heteroatoms. The Balaban J connectivity index is 1.57. The number of aromatic nitrogens is 1. The number of hydrogen-bond donors (Lipinski definition) is 1. The molecular formula is C18H21N3O2. The van der Waals surface area contributed by atoms with Gasteiger partial charge in [0.2, 0.25) is 0 Å². The Hall–Kier alpha value is -2.56. The van der Waals surface area contributed by atoms with Crippen molar-refractivity contribution in [3.05, 3.63) is 48.2 Å². The van der Waals surface area contributed by atoms with Crippen molar-refractivity contribution in [1.82, 2.24) is 4.98 Å². The van der Waals surface area contributed by atoms with Gasteiger partial charge >= 0.3 is 0 Å². The van der Waals surface area contributed by atoms with E-state index in [0.717, 1.165) is 30.3 Å². The lowest BCUT2D eigenvalue weighted by atomic mass is 10.3. The van der Waals surface area contributed by atoms with Gasteiger partial charge in [-0.2, -0.15) is 0 Å². The second-order valence-electron chi connectivity index (χ2n) is 5.65. The van der Waals surface area contributed by atoms with Gasteiger partial charge in [0.05, 0.1) is 11.4 Å². The minimum atomic E-state index is -0.187. The molecule has 0 bridgehead atoms. The summed E-state index contributed by atoms with van der Waals surface area (Å²) in [6.45, 7) is 4.01. The number of hydrogen-bond acceptors (Lipinski definition) is 4. The topological polar surface area (TPSA) is 54.5 Å². The molecule has 1 amide bonds. The number of nitrogens with one attached hydrogen (secondary N) is 1. The number of carbonyl (C=O) groups is 1. The molecule has 0 unspecified atom stereocenters. The molecule has 1 aliphatic heterocycles. The molecule has 5 nitrogen and oxygen atoms in total. The normalized spacial score (nSPS) is 13.9. The van der Waals surface area contributed by atoms with Crippen LogP contribution in [0, 0.1) is 6.92 Å². The third kappa shape index (κ3) is 4.00. The quantitative estimate of drug-likeness (QED) is 0.922. The maximum Gasteiger partial charge on any atom is 0.262 e. The molecule has 2 aromatic rings. The summed E-state index contributed by atoms with van der Waals surface area (Å²) in [5.41, 5.74) is 1.55. The van der Waals surface area contributed by atoms with Crippen molar-refractivity contribution < 1.29 is 9.53 Å². The van der Waals surface area contributed by atoms with Crippen LogP contribution in [0.1, 0.15) is 18.5 Å². The third-order valence-electron chi connectivity index (χ3n) is 3.89. The molecule has 1 saturated heterocycles. The van der Waals surface area contributed by atoms with E-state index in [1.807, 2.05) is 49.4 Å². The summed E-state index contributed by atoms with van der Waals surface area (Å²) >= 11 is 0. The lowest BCUT2D eigenvalue weighted by molar-refractivity contribution is -0.118. The van der Waals surface area contributed by atoms with Crippen molar-refractivity contribution in [3.63, 3.8) is 0 Å². The highest BCUT2D eigenvalue weighted by Gasteiger charge is 2.15. The monoisotopic (exact) mass is 311 g/mol. The number of rotatable bonds is 5. The van der Waals surface area contributed by atoms with E-state index in [1.165, 1.54) is 12.8 Å². The number of benzene rings is 1. The lowest BCUT2D eigenvalue weighted by Gasteiger charge is -2.18. The van der Waals surface area contributed by atoms with Crippen LogP contribution in [0.5, 0.6) is 5.75 Å². The second-order valence-corrected chi connectivity index (χ2v) is 5.65. The van der Waals surface area contributed by atoms with Gasteiger partial charge in [0, 0.05) is 13.1 Å². The van der Waals surface area contributed by atoms with Gasteiger partial charge in [0.25, 0.3) is 5.91 Å². The highest BCUT2D eigenvalue weighted by Crippen LogP contribution is 2.22. The summed E-state index contributed by atoms with van der Waals surface area (Å²) in [6.07, 6.45) is 2.44. The van der Waals surface area contributed by atoms with Gasteiger partial charge in [-0.25, -0.2) is 4.98 Å². The van der Waals surface area contributed by atoms with E-state index in [-0.39, 0.29) is 12.5 Å². The average molecular weight is 311 g/mol. The standard InChI is InChI=1S/C18H21N3O2/c1-14-16(9-10-17(19-14)21-11-5-6-12-21)20-18(22)13-23-15-7-3-2-4-8-15/h2-4,7-10H,5-6,11-13H2,1H3,(H,20,22). The zero-order valence-electron chi connectivity index (χ0n) is 13.3. The van der Waals surface area contributed by atoms with Gasteiger partial charge in [-0.1, -0.05) is 18.2 Å². The molecule has 0 spiro atoms. The van der Waals surface area contributed by atoms with Crippen molar-refractivity contribution in [2.75, 3.05) is 29.9 Å². The number of pyridine rings is 1. The summed E-state index contributed by atoms with van der Waals surface area (Å²) in [6, 6.07) is 13.2. The fourth-order valence-electron chi connectivity index (χ4n) is 2.65. The molecule has 1 aliphatic rings. The molecule has 0 saturated carbocycles. The minimum Gasteiger partial charge on any atom is -0.484 e. The van der Waals surface area contributed by atoms with Crippen molar-refractivity contribution in [1.29, 1.82) is 0 Å². The Labute approximate surface area is 136 Å². The van der Waals surface area contributed by atoms with Crippen LogP contribution in [-0.2, 0) is 4.79 Å². The molecule has 23 heavy (non-hydrogen) atoms. The number of para-hydroxylation sites is 1. The summed E-state index contributed by atoms with van der Waals surface area (Å²) in [7, 11) is 0. The van der Waals surface area contributed by atoms with Crippen LogP contribution in [0.3, 0.4) is 0 Å². The molecule has 3 rings (SSSR count). The maximum atomic E-state index is 12.0. The molecule has 0 atom stereocenters. The van der Waals surface area contributed by atoms with Gasteiger partial charge in [-0.05, 0) is 44.0 Å². The van der Waals surface area contributed by atoms with Gasteiger partial charge in [-0.15, -0.1) is 0 Å².